The van der Waals surface area contributed by atoms with Crippen LogP contribution in [0.3, 0.4) is 0 Å². The second kappa shape index (κ2) is 7.12. The van der Waals surface area contributed by atoms with Gasteiger partial charge in [0.1, 0.15) is 0 Å². The number of nitrogens with one attached hydrogen (secondary N) is 2. The number of anilines is 1. The van der Waals surface area contributed by atoms with Crippen molar-refractivity contribution >= 4 is 6.01 Å². The van der Waals surface area contributed by atoms with Crippen LogP contribution in [-0.4, -0.2) is 16.7 Å². The zero-order valence-corrected chi connectivity index (χ0v) is 12.0. The van der Waals surface area contributed by atoms with Crippen LogP contribution >= 0.6 is 0 Å². The van der Waals surface area contributed by atoms with Gasteiger partial charge >= 0.3 is 6.01 Å². The molecule has 1 aromatic carbocycles. The summed E-state index contributed by atoms with van der Waals surface area (Å²) in [5.74, 6) is -1.26. The molecule has 2 N–H and O–H groups in total. The molecule has 7 heteroatoms. The number of benzene rings is 1. The summed E-state index contributed by atoms with van der Waals surface area (Å²) in [5, 5.41) is 13.9. The Morgan fingerprint density at radius 3 is 2.76 bits per heavy atom. The van der Waals surface area contributed by atoms with Gasteiger partial charge in [-0.3, -0.25) is 0 Å². The van der Waals surface area contributed by atoms with Gasteiger partial charge in [0.25, 0.3) is 0 Å². The lowest BCUT2D eigenvalue weighted by Crippen LogP contribution is -2.19. The van der Waals surface area contributed by atoms with E-state index in [0.29, 0.717) is 11.5 Å². The number of hydrogen-bond acceptors (Lipinski definition) is 5. The van der Waals surface area contributed by atoms with Crippen LogP contribution in [0.1, 0.15) is 37.8 Å². The van der Waals surface area contributed by atoms with E-state index in [-0.39, 0.29) is 18.6 Å². The van der Waals surface area contributed by atoms with E-state index >= 15 is 0 Å². The van der Waals surface area contributed by atoms with E-state index in [4.69, 9.17) is 4.42 Å². The second-order valence-electron chi connectivity index (χ2n) is 4.72. The molecule has 0 aliphatic rings. The first-order chi connectivity index (χ1) is 10.1. The monoisotopic (exact) mass is 296 g/mol. The fourth-order valence-electron chi connectivity index (χ4n) is 1.76. The SMILES string of the molecule is CCCNC(C)c1nnc(NCc2ccc(F)c(F)c2)o1. The van der Waals surface area contributed by atoms with E-state index in [2.05, 4.69) is 27.8 Å². The van der Waals surface area contributed by atoms with Crippen molar-refractivity contribution in [2.24, 2.45) is 0 Å². The molecule has 2 aromatic rings. The lowest BCUT2D eigenvalue weighted by molar-refractivity contribution is 0.423. The van der Waals surface area contributed by atoms with Crippen molar-refractivity contribution in [2.45, 2.75) is 32.9 Å². The average Bonchev–Trinajstić information content (AvgIpc) is 2.95. The molecule has 1 unspecified atom stereocenters. The summed E-state index contributed by atoms with van der Waals surface area (Å²) in [6, 6.07) is 3.93. The molecule has 0 aliphatic heterocycles. The topological polar surface area (TPSA) is 63.0 Å². The van der Waals surface area contributed by atoms with Gasteiger partial charge in [0.15, 0.2) is 11.6 Å². The molecule has 1 atom stereocenters. The molecule has 5 nitrogen and oxygen atoms in total. The highest BCUT2D eigenvalue weighted by Gasteiger charge is 2.13. The van der Waals surface area contributed by atoms with Gasteiger partial charge in [-0.05, 0) is 37.6 Å². The minimum atomic E-state index is -0.877. The summed E-state index contributed by atoms with van der Waals surface area (Å²) in [5.41, 5.74) is 0.589. The van der Waals surface area contributed by atoms with Crippen LogP contribution in [0, 0.1) is 11.6 Å². The predicted octanol–water partition coefficient (Wildman–Crippen LogP) is 3.02. The molecule has 21 heavy (non-hydrogen) atoms. The van der Waals surface area contributed by atoms with Crippen LogP contribution in [0.15, 0.2) is 22.6 Å². The van der Waals surface area contributed by atoms with E-state index in [1.807, 2.05) is 6.92 Å². The van der Waals surface area contributed by atoms with Crippen LogP contribution in [-0.2, 0) is 6.54 Å². The maximum Gasteiger partial charge on any atom is 0.315 e. The van der Waals surface area contributed by atoms with E-state index in [1.165, 1.54) is 6.07 Å². The van der Waals surface area contributed by atoms with Crippen molar-refractivity contribution in [3.8, 4) is 0 Å². The molecular formula is C14H18F2N4O. The van der Waals surface area contributed by atoms with Gasteiger partial charge in [-0.25, -0.2) is 8.78 Å². The van der Waals surface area contributed by atoms with Crippen LogP contribution in [0.5, 0.6) is 0 Å². The molecule has 0 fully saturated rings. The van der Waals surface area contributed by atoms with E-state index in [9.17, 15) is 8.78 Å². The number of nitrogens with zero attached hydrogens (tertiary/aromatic N) is 2. The normalized spacial score (nSPS) is 12.4. The van der Waals surface area contributed by atoms with Crippen molar-refractivity contribution in [3.05, 3.63) is 41.3 Å². The van der Waals surface area contributed by atoms with Gasteiger partial charge in [-0.1, -0.05) is 18.1 Å². The largest absolute Gasteiger partial charge is 0.406 e. The zero-order valence-electron chi connectivity index (χ0n) is 12.0. The maximum atomic E-state index is 13.1. The van der Waals surface area contributed by atoms with Crippen LogP contribution < -0.4 is 10.6 Å². The van der Waals surface area contributed by atoms with Gasteiger partial charge in [0, 0.05) is 6.54 Å². The maximum absolute atomic E-state index is 13.1. The van der Waals surface area contributed by atoms with Crippen molar-refractivity contribution in [1.82, 2.24) is 15.5 Å². The number of hydrogen-bond donors (Lipinski definition) is 2. The third-order valence-electron chi connectivity index (χ3n) is 2.94. The van der Waals surface area contributed by atoms with Crippen molar-refractivity contribution in [1.29, 1.82) is 0 Å². The standard InChI is InChI=1S/C14H18F2N4O/c1-3-6-17-9(2)13-19-20-14(21-13)18-8-10-4-5-11(15)12(16)7-10/h4-5,7,9,17H,3,6,8H2,1-2H3,(H,18,20). The Bertz CT molecular complexity index is 588. The lowest BCUT2D eigenvalue weighted by Gasteiger charge is -2.07. The van der Waals surface area contributed by atoms with Gasteiger partial charge in [0.05, 0.1) is 6.04 Å². The minimum absolute atomic E-state index is 0.0312. The van der Waals surface area contributed by atoms with Gasteiger partial charge in [0.2, 0.25) is 5.89 Å². The molecular weight excluding hydrogens is 278 g/mol. The quantitative estimate of drug-likeness (QED) is 0.822. The Balaban J connectivity index is 1.91. The third kappa shape index (κ3) is 4.22. The molecule has 0 saturated heterocycles. The molecule has 0 radical (unpaired) electrons. The summed E-state index contributed by atoms with van der Waals surface area (Å²) in [6.07, 6.45) is 1.01. The van der Waals surface area contributed by atoms with E-state index < -0.39 is 11.6 Å². The first-order valence-electron chi connectivity index (χ1n) is 6.84. The van der Waals surface area contributed by atoms with Gasteiger partial charge in [-0.15, -0.1) is 5.10 Å². The van der Waals surface area contributed by atoms with Gasteiger partial charge < -0.3 is 15.1 Å². The van der Waals surface area contributed by atoms with Crippen molar-refractivity contribution in [2.75, 3.05) is 11.9 Å². The molecule has 0 bridgehead atoms. The molecule has 1 aromatic heterocycles. The van der Waals surface area contributed by atoms with Crippen LogP contribution in [0.25, 0.3) is 0 Å². The highest BCUT2D eigenvalue weighted by atomic mass is 19.2. The van der Waals surface area contributed by atoms with Crippen LogP contribution in [0.2, 0.25) is 0 Å². The Morgan fingerprint density at radius 1 is 1.24 bits per heavy atom. The Hall–Kier alpha value is -2.02. The van der Waals surface area contributed by atoms with E-state index in [0.717, 1.165) is 25.1 Å². The fourth-order valence-corrected chi connectivity index (χ4v) is 1.76. The average molecular weight is 296 g/mol. The van der Waals surface area contributed by atoms with Crippen LogP contribution in [0.4, 0.5) is 14.8 Å². The Kier molecular flexibility index (Phi) is 5.21. The lowest BCUT2D eigenvalue weighted by atomic mass is 10.2. The fraction of sp³-hybridized carbons (Fsp3) is 0.429. The smallest absolute Gasteiger partial charge is 0.315 e. The third-order valence-corrected chi connectivity index (χ3v) is 2.94. The molecule has 2 rings (SSSR count). The summed E-state index contributed by atoms with van der Waals surface area (Å²) >= 11 is 0. The summed E-state index contributed by atoms with van der Waals surface area (Å²) in [6.45, 7) is 5.14. The first kappa shape index (κ1) is 15.4. The highest BCUT2D eigenvalue weighted by Crippen LogP contribution is 2.15. The number of rotatable bonds is 7. The van der Waals surface area contributed by atoms with Gasteiger partial charge in [-0.2, -0.15) is 0 Å². The second-order valence-corrected chi connectivity index (χ2v) is 4.72. The minimum Gasteiger partial charge on any atom is -0.406 e. The van der Waals surface area contributed by atoms with Crippen molar-refractivity contribution < 1.29 is 13.2 Å². The molecule has 1 heterocycles. The molecule has 0 aliphatic carbocycles. The summed E-state index contributed by atoms with van der Waals surface area (Å²) in [4.78, 5) is 0. The number of aromatic nitrogens is 2. The zero-order chi connectivity index (χ0) is 15.2. The molecule has 0 amide bonds. The Labute approximate surface area is 121 Å². The van der Waals surface area contributed by atoms with E-state index in [1.54, 1.807) is 0 Å². The molecule has 0 spiro atoms. The van der Waals surface area contributed by atoms with Crippen molar-refractivity contribution in [3.63, 3.8) is 0 Å². The summed E-state index contributed by atoms with van der Waals surface area (Å²) < 4.78 is 31.3. The highest BCUT2D eigenvalue weighted by molar-refractivity contribution is 5.24. The summed E-state index contributed by atoms with van der Waals surface area (Å²) in [7, 11) is 0. The first-order valence-corrected chi connectivity index (χ1v) is 6.84. The molecule has 114 valence electrons. The Morgan fingerprint density at radius 2 is 2.05 bits per heavy atom. The predicted molar refractivity (Wildman–Crippen MR) is 74.7 cm³/mol. The number of halogens is 2. The molecule has 0 saturated carbocycles.